The third kappa shape index (κ3) is 2.25. The minimum Gasteiger partial charge on any atom is -0.375 e. The summed E-state index contributed by atoms with van der Waals surface area (Å²) in [5, 5.41) is 3.56. The van der Waals surface area contributed by atoms with E-state index >= 15 is 0 Å². The number of ether oxygens (including phenoxy) is 1. The number of nitrogens with one attached hydrogen (secondary N) is 1. The largest absolute Gasteiger partial charge is 0.375 e. The fourth-order valence-electron chi connectivity index (χ4n) is 4.17. The van der Waals surface area contributed by atoms with Crippen molar-refractivity contribution in [3.8, 4) is 0 Å². The molecule has 3 nitrogen and oxygen atoms in total. The zero-order chi connectivity index (χ0) is 11.7. The summed E-state index contributed by atoms with van der Waals surface area (Å²) in [6.07, 6.45) is 9.19. The van der Waals surface area contributed by atoms with Gasteiger partial charge >= 0.3 is 0 Å². The minimum atomic E-state index is 0.240. The van der Waals surface area contributed by atoms with E-state index in [2.05, 4.69) is 17.3 Å². The summed E-state index contributed by atoms with van der Waals surface area (Å²) >= 11 is 0. The van der Waals surface area contributed by atoms with Crippen LogP contribution in [0.25, 0.3) is 0 Å². The average Bonchev–Trinajstić information content (AvgIpc) is 3.01. The Bertz CT molecular complexity index is 257. The van der Waals surface area contributed by atoms with Crippen molar-refractivity contribution in [1.82, 2.24) is 10.2 Å². The van der Waals surface area contributed by atoms with E-state index in [1.54, 1.807) is 0 Å². The Balaban J connectivity index is 1.67. The van der Waals surface area contributed by atoms with Gasteiger partial charge in [0.2, 0.25) is 0 Å². The van der Waals surface area contributed by atoms with Crippen LogP contribution in [0.5, 0.6) is 0 Å². The molecule has 0 radical (unpaired) electrons. The molecule has 0 aromatic heterocycles. The molecule has 3 atom stereocenters. The second-order valence-electron chi connectivity index (χ2n) is 6.08. The summed E-state index contributed by atoms with van der Waals surface area (Å²) in [5.74, 6) is 0. The maximum Gasteiger partial charge on any atom is 0.0699 e. The molecule has 0 aromatic rings. The molecule has 2 heterocycles. The van der Waals surface area contributed by atoms with Crippen LogP contribution in [-0.2, 0) is 4.74 Å². The lowest BCUT2D eigenvalue weighted by Gasteiger charge is -2.45. The van der Waals surface area contributed by atoms with Gasteiger partial charge in [0.15, 0.2) is 0 Å². The van der Waals surface area contributed by atoms with Crippen LogP contribution in [0.3, 0.4) is 0 Å². The average molecular weight is 238 g/mol. The van der Waals surface area contributed by atoms with Crippen molar-refractivity contribution in [3.05, 3.63) is 0 Å². The molecule has 17 heavy (non-hydrogen) atoms. The molecule has 1 saturated carbocycles. The van der Waals surface area contributed by atoms with E-state index in [4.69, 9.17) is 4.74 Å². The topological polar surface area (TPSA) is 24.5 Å². The third-order valence-corrected chi connectivity index (χ3v) is 5.12. The van der Waals surface area contributed by atoms with Crippen molar-refractivity contribution < 1.29 is 4.74 Å². The standard InChI is InChI=1S/C14H26N2O/c1-15-12-11-14(6-4-10-17-14)7-5-13(12)16-8-2-3-9-16/h12-13,15H,2-11H2,1H3/t12-,13-,14+/m0/s1. The molecule has 98 valence electrons. The highest BCUT2D eigenvalue weighted by Crippen LogP contribution is 2.41. The summed E-state index contributed by atoms with van der Waals surface area (Å²) in [4.78, 5) is 2.71. The van der Waals surface area contributed by atoms with Gasteiger partial charge in [-0.2, -0.15) is 0 Å². The maximum atomic E-state index is 6.07. The number of nitrogens with zero attached hydrogens (tertiary/aromatic N) is 1. The van der Waals surface area contributed by atoms with Gasteiger partial charge in [-0.05, 0) is 65.1 Å². The van der Waals surface area contributed by atoms with Crippen molar-refractivity contribution in [2.75, 3.05) is 26.7 Å². The van der Waals surface area contributed by atoms with Gasteiger partial charge in [0.25, 0.3) is 0 Å². The molecule has 2 aliphatic heterocycles. The molecule has 3 fully saturated rings. The molecule has 1 spiro atoms. The highest BCUT2D eigenvalue weighted by molar-refractivity contribution is 5.00. The van der Waals surface area contributed by atoms with Crippen LogP contribution in [0.15, 0.2) is 0 Å². The van der Waals surface area contributed by atoms with Crippen molar-refractivity contribution >= 4 is 0 Å². The first-order valence-electron chi connectivity index (χ1n) is 7.38. The Morgan fingerprint density at radius 2 is 2.00 bits per heavy atom. The third-order valence-electron chi connectivity index (χ3n) is 5.12. The van der Waals surface area contributed by atoms with Gasteiger partial charge in [-0.15, -0.1) is 0 Å². The SMILES string of the molecule is CN[C@H]1C[C@@]2(CCCO2)CC[C@@H]1N1CCCC1. The fraction of sp³-hybridized carbons (Fsp3) is 1.00. The van der Waals surface area contributed by atoms with Crippen LogP contribution in [0.4, 0.5) is 0 Å². The Morgan fingerprint density at radius 3 is 2.65 bits per heavy atom. The first-order chi connectivity index (χ1) is 8.33. The van der Waals surface area contributed by atoms with E-state index in [0.29, 0.717) is 6.04 Å². The van der Waals surface area contributed by atoms with E-state index in [1.807, 2.05) is 0 Å². The van der Waals surface area contributed by atoms with Crippen LogP contribution in [-0.4, -0.2) is 49.3 Å². The minimum absolute atomic E-state index is 0.240. The van der Waals surface area contributed by atoms with E-state index < -0.39 is 0 Å². The molecule has 0 amide bonds. The van der Waals surface area contributed by atoms with Crippen LogP contribution >= 0.6 is 0 Å². The lowest BCUT2D eigenvalue weighted by Crippen LogP contribution is -2.55. The first kappa shape index (κ1) is 11.9. The summed E-state index contributed by atoms with van der Waals surface area (Å²) in [6, 6.07) is 1.40. The molecule has 2 saturated heterocycles. The van der Waals surface area contributed by atoms with Gasteiger partial charge in [-0.3, -0.25) is 4.90 Å². The monoisotopic (exact) mass is 238 g/mol. The number of hydrogen-bond donors (Lipinski definition) is 1. The van der Waals surface area contributed by atoms with Gasteiger partial charge in [0, 0.05) is 18.7 Å². The number of hydrogen-bond acceptors (Lipinski definition) is 3. The molecular weight excluding hydrogens is 212 g/mol. The summed E-state index contributed by atoms with van der Waals surface area (Å²) in [7, 11) is 2.13. The van der Waals surface area contributed by atoms with Crippen molar-refractivity contribution in [3.63, 3.8) is 0 Å². The molecule has 3 aliphatic rings. The first-order valence-corrected chi connectivity index (χ1v) is 7.38. The lowest BCUT2D eigenvalue weighted by molar-refractivity contribution is -0.0517. The highest BCUT2D eigenvalue weighted by Gasteiger charge is 2.44. The van der Waals surface area contributed by atoms with Gasteiger partial charge in [0.1, 0.15) is 0 Å². The zero-order valence-corrected chi connectivity index (χ0v) is 11.1. The Morgan fingerprint density at radius 1 is 1.18 bits per heavy atom. The lowest BCUT2D eigenvalue weighted by atomic mass is 9.77. The molecule has 3 rings (SSSR count). The Hall–Kier alpha value is -0.120. The summed E-state index contributed by atoms with van der Waals surface area (Å²) in [5.41, 5.74) is 0.240. The molecular formula is C14H26N2O. The summed E-state index contributed by atoms with van der Waals surface area (Å²) < 4.78 is 6.07. The predicted octanol–water partition coefficient (Wildman–Crippen LogP) is 1.77. The van der Waals surface area contributed by atoms with E-state index in [9.17, 15) is 0 Å². The quantitative estimate of drug-likeness (QED) is 0.793. The van der Waals surface area contributed by atoms with Gasteiger partial charge in [-0.25, -0.2) is 0 Å². The van der Waals surface area contributed by atoms with Crippen LogP contribution in [0, 0.1) is 0 Å². The van der Waals surface area contributed by atoms with Gasteiger partial charge in [-0.1, -0.05) is 0 Å². The molecule has 0 unspecified atom stereocenters. The number of rotatable bonds is 2. The number of likely N-dealkylation sites (tertiary alicyclic amines) is 1. The van der Waals surface area contributed by atoms with Crippen molar-refractivity contribution in [2.45, 2.75) is 62.6 Å². The Kier molecular flexibility index (Phi) is 3.42. The van der Waals surface area contributed by atoms with Crippen LogP contribution < -0.4 is 5.32 Å². The Labute approximate surface area is 105 Å². The molecule has 3 heteroatoms. The molecule has 0 bridgehead atoms. The van der Waals surface area contributed by atoms with Crippen LogP contribution in [0.1, 0.15) is 44.9 Å². The van der Waals surface area contributed by atoms with Crippen LogP contribution in [0.2, 0.25) is 0 Å². The van der Waals surface area contributed by atoms with Crippen molar-refractivity contribution in [1.29, 1.82) is 0 Å². The zero-order valence-electron chi connectivity index (χ0n) is 11.1. The normalized spacial score (nSPS) is 43.6. The molecule has 1 aliphatic carbocycles. The second-order valence-corrected chi connectivity index (χ2v) is 6.08. The smallest absolute Gasteiger partial charge is 0.0699 e. The molecule has 0 aromatic carbocycles. The van der Waals surface area contributed by atoms with E-state index in [0.717, 1.165) is 12.6 Å². The summed E-state index contributed by atoms with van der Waals surface area (Å²) in [6.45, 7) is 3.62. The van der Waals surface area contributed by atoms with Gasteiger partial charge in [0.05, 0.1) is 5.60 Å². The van der Waals surface area contributed by atoms with Gasteiger partial charge < -0.3 is 10.1 Å². The maximum absolute atomic E-state index is 6.07. The van der Waals surface area contributed by atoms with E-state index in [-0.39, 0.29) is 5.60 Å². The van der Waals surface area contributed by atoms with Crippen molar-refractivity contribution in [2.24, 2.45) is 0 Å². The second kappa shape index (κ2) is 4.87. The molecule has 1 N–H and O–H groups in total. The number of likely N-dealkylation sites (N-methyl/N-ethyl adjacent to an activating group) is 1. The highest BCUT2D eigenvalue weighted by atomic mass is 16.5. The van der Waals surface area contributed by atoms with E-state index in [1.165, 1.54) is 58.0 Å². The predicted molar refractivity (Wildman–Crippen MR) is 69.2 cm³/mol. The fourth-order valence-corrected chi connectivity index (χ4v) is 4.17.